The number of nitrogens with one attached hydrogen (secondary N) is 1. The lowest BCUT2D eigenvalue weighted by Crippen LogP contribution is -2.38. The van der Waals surface area contributed by atoms with Gasteiger partial charge in [-0.15, -0.1) is 0 Å². The molecule has 116 valence electrons. The van der Waals surface area contributed by atoms with Crippen molar-refractivity contribution in [2.24, 2.45) is 4.99 Å². The summed E-state index contributed by atoms with van der Waals surface area (Å²) in [7, 11) is 3.86. The van der Waals surface area contributed by atoms with Gasteiger partial charge in [-0.1, -0.05) is 30.3 Å². The number of aromatic nitrogens is 1. The van der Waals surface area contributed by atoms with Gasteiger partial charge in [0.15, 0.2) is 5.96 Å². The van der Waals surface area contributed by atoms with E-state index in [0.29, 0.717) is 6.54 Å². The van der Waals surface area contributed by atoms with Crippen molar-refractivity contribution in [3.05, 3.63) is 65.0 Å². The first kappa shape index (κ1) is 16.0. The van der Waals surface area contributed by atoms with E-state index in [0.717, 1.165) is 18.2 Å². The molecule has 2 rings (SSSR count). The van der Waals surface area contributed by atoms with Crippen LogP contribution in [0, 0.1) is 13.8 Å². The summed E-state index contributed by atoms with van der Waals surface area (Å²) < 4.78 is 0. The van der Waals surface area contributed by atoms with E-state index in [-0.39, 0.29) is 0 Å². The molecule has 0 bridgehead atoms. The summed E-state index contributed by atoms with van der Waals surface area (Å²) >= 11 is 0. The van der Waals surface area contributed by atoms with Crippen LogP contribution in [-0.4, -0.2) is 29.9 Å². The fourth-order valence-corrected chi connectivity index (χ4v) is 2.37. The number of aliphatic imine (C=N–C) groups is 1. The molecule has 0 spiro atoms. The maximum absolute atomic E-state index is 4.41. The summed E-state index contributed by atoms with van der Waals surface area (Å²) in [5.41, 5.74) is 4.84. The van der Waals surface area contributed by atoms with E-state index >= 15 is 0 Å². The van der Waals surface area contributed by atoms with Gasteiger partial charge in [0.05, 0.1) is 12.2 Å². The standard InChI is InChI=1S/C18H24N4/c1-14-8-5-6-10-16(14)13-22(4)18(19-3)21-12-17-15(2)9-7-11-20-17/h5-11H,12-13H2,1-4H3,(H,19,21). The van der Waals surface area contributed by atoms with Gasteiger partial charge in [-0.3, -0.25) is 9.98 Å². The van der Waals surface area contributed by atoms with Crippen LogP contribution in [-0.2, 0) is 13.1 Å². The molecule has 1 N–H and O–H groups in total. The van der Waals surface area contributed by atoms with E-state index in [2.05, 4.69) is 64.4 Å². The van der Waals surface area contributed by atoms with E-state index in [9.17, 15) is 0 Å². The quantitative estimate of drug-likeness (QED) is 0.696. The fourth-order valence-electron chi connectivity index (χ4n) is 2.37. The van der Waals surface area contributed by atoms with Crippen molar-refractivity contribution in [1.29, 1.82) is 0 Å². The minimum absolute atomic E-state index is 0.678. The van der Waals surface area contributed by atoms with E-state index in [4.69, 9.17) is 0 Å². The van der Waals surface area contributed by atoms with Crippen LogP contribution in [0.1, 0.15) is 22.4 Å². The number of hydrogen-bond acceptors (Lipinski definition) is 2. The van der Waals surface area contributed by atoms with Gasteiger partial charge in [-0.2, -0.15) is 0 Å². The molecule has 4 nitrogen and oxygen atoms in total. The van der Waals surface area contributed by atoms with Crippen molar-refractivity contribution < 1.29 is 0 Å². The Morgan fingerprint density at radius 1 is 1.14 bits per heavy atom. The molecule has 1 aromatic carbocycles. The van der Waals surface area contributed by atoms with Crippen LogP contribution in [0.2, 0.25) is 0 Å². The van der Waals surface area contributed by atoms with Crippen LogP contribution in [0.15, 0.2) is 47.6 Å². The predicted octanol–water partition coefficient (Wildman–Crippen LogP) is 2.91. The third-order valence-electron chi connectivity index (χ3n) is 3.77. The first-order valence-electron chi connectivity index (χ1n) is 7.48. The van der Waals surface area contributed by atoms with Gasteiger partial charge in [0, 0.05) is 26.8 Å². The smallest absolute Gasteiger partial charge is 0.194 e. The highest BCUT2D eigenvalue weighted by atomic mass is 15.3. The Morgan fingerprint density at radius 2 is 1.86 bits per heavy atom. The van der Waals surface area contributed by atoms with E-state index in [1.807, 2.05) is 26.4 Å². The minimum Gasteiger partial charge on any atom is -0.351 e. The molecule has 0 amide bonds. The Labute approximate surface area is 132 Å². The highest BCUT2D eigenvalue weighted by Gasteiger charge is 2.08. The second kappa shape index (κ2) is 7.59. The summed E-state index contributed by atoms with van der Waals surface area (Å²) in [6.07, 6.45) is 1.82. The van der Waals surface area contributed by atoms with Crippen molar-refractivity contribution >= 4 is 5.96 Å². The van der Waals surface area contributed by atoms with Crippen molar-refractivity contribution in [3.63, 3.8) is 0 Å². The molecule has 22 heavy (non-hydrogen) atoms. The first-order valence-corrected chi connectivity index (χ1v) is 7.48. The molecule has 0 aliphatic rings. The Kier molecular flexibility index (Phi) is 5.53. The molecule has 2 aromatic rings. The first-order chi connectivity index (χ1) is 10.6. The Hall–Kier alpha value is -2.36. The summed E-state index contributed by atoms with van der Waals surface area (Å²) in [6.45, 7) is 5.71. The Balaban J connectivity index is 2.00. The Morgan fingerprint density at radius 3 is 2.55 bits per heavy atom. The van der Waals surface area contributed by atoms with Crippen LogP contribution in [0.5, 0.6) is 0 Å². The zero-order valence-corrected chi connectivity index (χ0v) is 13.8. The molecule has 0 fully saturated rings. The molecule has 1 aromatic heterocycles. The highest BCUT2D eigenvalue weighted by Crippen LogP contribution is 2.10. The molecule has 1 heterocycles. The monoisotopic (exact) mass is 296 g/mol. The molecule has 0 unspecified atom stereocenters. The number of aryl methyl sites for hydroxylation is 2. The molecule has 0 saturated heterocycles. The third kappa shape index (κ3) is 4.07. The normalized spacial score (nSPS) is 11.4. The Bertz CT molecular complexity index is 649. The summed E-state index contributed by atoms with van der Waals surface area (Å²) in [4.78, 5) is 10.9. The predicted molar refractivity (Wildman–Crippen MR) is 91.8 cm³/mol. The topological polar surface area (TPSA) is 40.5 Å². The number of benzene rings is 1. The number of nitrogens with zero attached hydrogens (tertiary/aromatic N) is 3. The SMILES string of the molecule is CN=C(NCc1ncccc1C)N(C)Cc1ccccc1C. The van der Waals surface area contributed by atoms with Crippen LogP contribution in [0.3, 0.4) is 0 Å². The largest absolute Gasteiger partial charge is 0.351 e. The van der Waals surface area contributed by atoms with E-state index < -0.39 is 0 Å². The molecule has 0 saturated carbocycles. The average molecular weight is 296 g/mol. The van der Waals surface area contributed by atoms with E-state index in [1.165, 1.54) is 16.7 Å². The van der Waals surface area contributed by atoms with Crippen molar-refractivity contribution in [1.82, 2.24) is 15.2 Å². The molecule has 0 aliphatic carbocycles. The van der Waals surface area contributed by atoms with E-state index in [1.54, 1.807) is 0 Å². The second-order valence-corrected chi connectivity index (χ2v) is 5.45. The molecule has 0 aliphatic heterocycles. The van der Waals surface area contributed by atoms with Gasteiger partial charge in [-0.05, 0) is 36.6 Å². The van der Waals surface area contributed by atoms with Gasteiger partial charge < -0.3 is 10.2 Å². The summed E-state index contributed by atoms with van der Waals surface area (Å²) in [5, 5.41) is 3.38. The van der Waals surface area contributed by atoms with Crippen LogP contribution in [0.25, 0.3) is 0 Å². The lowest BCUT2D eigenvalue weighted by molar-refractivity contribution is 0.474. The zero-order chi connectivity index (χ0) is 15.9. The molecular formula is C18H24N4. The lowest BCUT2D eigenvalue weighted by Gasteiger charge is -2.23. The number of rotatable bonds is 4. The molecule has 0 radical (unpaired) electrons. The summed E-state index contributed by atoms with van der Waals surface area (Å²) in [5.74, 6) is 0.869. The maximum atomic E-state index is 4.41. The van der Waals surface area contributed by atoms with Crippen molar-refractivity contribution in [3.8, 4) is 0 Å². The van der Waals surface area contributed by atoms with Crippen LogP contribution in [0.4, 0.5) is 0 Å². The molecule has 0 atom stereocenters. The van der Waals surface area contributed by atoms with Crippen LogP contribution < -0.4 is 5.32 Å². The number of pyridine rings is 1. The average Bonchev–Trinajstić information content (AvgIpc) is 2.52. The zero-order valence-electron chi connectivity index (χ0n) is 13.8. The minimum atomic E-state index is 0.678. The molecular weight excluding hydrogens is 272 g/mol. The van der Waals surface area contributed by atoms with Gasteiger partial charge in [0.25, 0.3) is 0 Å². The summed E-state index contributed by atoms with van der Waals surface area (Å²) in [6, 6.07) is 12.5. The second-order valence-electron chi connectivity index (χ2n) is 5.45. The molecule has 4 heteroatoms. The highest BCUT2D eigenvalue weighted by molar-refractivity contribution is 5.79. The number of hydrogen-bond donors (Lipinski definition) is 1. The van der Waals surface area contributed by atoms with Gasteiger partial charge >= 0.3 is 0 Å². The van der Waals surface area contributed by atoms with Crippen LogP contribution >= 0.6 is 0 Å². The van der Waals surface area contributed by atoms with Crippen molar-refractivity contribution in [2.45, 2.75) is 26.9 Å². The number of guanidine groups is 1. The van der Waals surface area contributed by atoms with Gasteiger partial charge in [0.2, 0.25) is 0 Å². The maximum Gasteiger partial charge on any atom is 0.194 e. The fraction of sp³-hybridized carbons (Fsp3) is 0.333. The van der Waals surface area contributed by atoms with Crippen molar-refractivity contribution in [2.75, 3.05) is 14.1 Å². The lowest BCUT2D eigenvalue weighted by atomic mass is 10.1. The van der Waals surface area contributed by atoms with Gasteiger partial charge in [-0.25, -0.2) is 0 Å². The third-order valence-corrected chi connectivity index (χ3v) is 3.77. The van der Waals surface area contributed by atoms with Gasteiger partial charge in [0.1, 0.15) is 0 Å².